The van der Waals surface area contributed by atoms with Crippen molar-refractivity contribution in [3.8, 4) is 0 Å². The van der Waals surface area contributed by atoms with Gasteiger partial charge in [0.15, 0.2) is 5.78 Å². The van der Waals surface area contributed by atoms with Crippen LogP contribution in [0.25, 0.3) is 0 Å². The average molecular weight is 222 g/mol. The quantitative estimate of drug-likeness (QED) is 0.743. The second-order valence-electron chi connectivity index (χ2n) is 3.03. The van der Waals surface area contributed by atoms with Crippen molar-refractivity contribution < 1.29 is 4.79 Å². The van der Waals surface area contributed by atoms with Gasteiger partial charge in [-0.15, -0.1) is 0 Å². The van der Waals surface area contributed by atoms with Crippen molar-refractivity contribution in [3.63, 3.8) is 0 Å². The predicted octanol–water partition coefficient (Wildman–Crippen LogP) is 1.81. The highest BCUT2D eigenvalue weighted by atomic mass is 35.5. The zero-order valence-corrected chi connectivity index (χ0v) is 8.55. The molecule has 0 N–H and O–H groups in total. The van der Waals surface area contributed by atoms with Crippen LogP contribution in [0.3, 0.4) is 0 Å². The SMILES string of the molecule is O=C(Cn1cncn1)c1cccc(Cl)c1. The van der Waals surface area contributed by atoms with E-state index in [0.29, 0.717) is 10.6 Å². The molecule has 76 valence electrons. The van der Waals surface area contributed by atoms with Gasteiger partial charge in [0.25, 0.3) is 0 Å². The lowest BCUT2D eigenvalue weighted by Crippen LogP contribution is -2.10. The van der Waals surface area contributed by atoms with Crippen LogP contribution in [-0.2, 0) is 6.54 Å². The molecule has 0 aliphatic rings. The van der Waals surface area contributed by atoms with Crippen molar-refractivity contribution in [2.24, 2.45) is 0 Å². The molecule has 0 aliphatic carbocycles. The fraction of sp³-hybridized carbons (Fsp3) is 0.100. The molecule has 1 aromatic carbocycles. The van der Waals surface area contributed by atoms with E-state index >= 15 is 0 Å². The summed E-state index contributed by atoms with van der Waals surface area (Å²) in [7, 11) is 0. The highest BCUT2D eigenvalue weighted by Gasteiger charge is 2.06. The number of halogens is 1. The molecule has 2 aromatic rings. The van der Waals surface area contributed by atoms with Crippen LogP contribution in [0.1, 0.15) is 10.4 Å². The number of carbonyl (C=O) groups excluding carboxylic acids is 1. The molecule has 0 saturated heterocycles. The van der Waals surface area contributed by atoms with Gasteiger partial charge in [-0.25, -0.2) is 9.67 Å². The van der Waals surface area contributed by atoms with Gasteiger partial charge in [0, 0.05) is 10.6 Å². The molecule has 15 heavy (non-hydrogen) atoms. The lowest BCUT2D eigenvalue weighted by atomic mass is 10.1. The summed E-state index contributed by atoms with van der Waals surface area (Å²) in [6.45, 7) is 0.181. The van der Waals surface area contributed by atoms with Gasteiger partial charge in [0.2, 0.25) is 0 Å². The monoisotopic (exact) mass is 221 g/mol. The van der Waals surface area contributed by atoms with Gasteiger partial charge < -0.3 is 0 Å². The molecule has 4 nitrogen and oxygen atoms in total. The summed E-state index contributed by atoms with van der Waals surface area (Å²) in [5, 5.41) is 4.41. The normalized spacial score (nSPS) is 10.2. The third-order valence-corrected chi connectivity index (χ3v) is 2.15. The number of benzene rings is 1. The Morgan fingerprint density at radius 1 is 1.47 bits per heavy atom. The summed E-state index contributed by atoms with van der Waals surface area (Å²) in [6, 6.07) is 6.84. The third-order valence-electron chi connectivity index (χ3n) is 1.92. The molecule has 1 aromatic heterocycles. The van der Waals surface area contributed by atoms with Crippen LogP contribution in [0.15, 0.2) is 36.9 Å². The Labute approximate surface area is 91.5 Å². The fourth-order valence-electron chi connectivity index (χ4n) is 1.21. The maximum absolute atomic E-state index is 11.7. The molecule has 5 heteroatoms. The minimum Gasteiger partial charge on any atom is -0.292 e. The number of carbonyl (C=O) groups is 1. The first kappa shape index (κ1) is 9.86. The Kier molecular flexibility index (Phi) is 2.78. The standard InChI is InChI=1S/C10H8ClN3O/c11-9-3-1-2-8(4-9)10(15)5-14-7-12-6-13-14/h1-4,6-7H,5H2. The van der Waals surface area contributed by atoms with Crippen molar-refractivity contribution in [2.75, 3.05) is 0 Å². The Hall–Kier alpha value is -1.68. The molecule has 0 spiro atoms. The number of rotatable bonds is 3. The minimum absolute atomic E-state index is 0.0389. The number of hydrogen-bond acceptors (Lipinski definition) is 3. The van der Waals surface area contributed by atoms with Crippen LogP contribution in [0, 0.1) is 0 Å². The molecule has 0 fully saturated rings. The summed E-state index contributed by atoms with van der Waals surface area (Å²) < 4.78 is 1.48. The zero-order chi connectivity index (χ0) is 10.7. The Morgan fingerprint density at radius 2 is 2.33 bits per heavy atom. The van der Waals surface area contributed by atoms with Gasteiger partial charge in [0.1, 0.15) is 19.2 Å². The molecular formula is C10H8ClN3O. The number of nitrogens with zero attached hydrogens (tertiary/aromatic N) is 3. The topological polar surface area (TPSA) is 47.8 Å². The van der Waals surface area contributed by atoms with Gasteiger partial charge in [-0.05, 0) is 12.1 Å². The van der Waals surface area contributed by atoms with Gasteiger partial charge in [-0.3, -0.25) is 4.79 Å². The van der Waals surface area contributed by atoms with E-state index in [9.17, 15) is 4.79 Å². The van der Waals surface area contributed by atoms with Crippen molar-refractivity contribution in [3.05, 3.63) is 47.5 Å². The van der Waals surface area contributed by atoms with Crippen LogP contribution in [0.2, 0.25) is 5.02 Å². The van der Waals surface area contributed by atoms with Gasteiger partial charge in [0.05, 0.1) is 0 Å². The fourth-order valence-corrected chi connectivity index (χ4v) is 1.41. The summed E-state index contributed by atoms with van der Waals surface area (Å²) in [6.07, 6.45) is 2.90. The van der Waals surface area contributed by atoms with E-state index in [-0.39, 0.29) is 12.3 Å². The van der Waals surface area contributed by atoms with E-state index in [4.69, 9.17) is 11.6 Å². The lowest BCUT2D eigenvalue weighted by molar-refractivity contribution is 0.0967. The molecule has 0 atom stereocenters. The minimum atomic E-state index is -0.0389. The van der Waals surface area contributed by atoms with E-state index in [2.05, 4.69) is 10.1 Å². The molecule has 1 heterocycles. The second-order valence-corrected chi connectivity index (χ2v) is 3.46. The van der Waals surface area contributed by atoms with Crippen molar-refractivity contribution in [2.45, 2.75) is 6.54 Å². The number of aromatic nitrogens is 3. The molecular weight excluding hydrogens is 214 g/mol. The Balaban J connectivity index is 2.15. The summed E-state index contributed by atoms with van der Waals surface area (Å²) in [5.74, 6) is -0.0389. The molecule has 0 bridgehead atoms. The predicted molar refractivity (Wildman–Crippen MR) is 55.8 cm³/mol. The Bertz CT molecular complexity index is 467. The maximum atomic E-state index is 11.7. The first-order valence-electron chi connectivity index (χ1n) is 4.37. The molecule has 0 aliphatic heterocycles. The van der Waals surface area contributed by atoms with Crippen LogP contribution in [0.4, 0.5) is 0 Å². The summed E-state index contributed by atoms with van der Waals surface area (Å²) >= 11 is 5.78. The summed E-state index contributed by atoms with van der Waals surface area (Å²) in [5.41, 5.74) is 0.581. The zero-order valence-electron chi connectivity index (χ0n) is 7.80. The third kappa shape index (κ3) is 2.41. The molecule has 0 amide bonds. The van der Waals surface area contributed by atoms with Crippen LogP contribution in [-0.4, -0.2) is 20.5 Å². The highest BCUT2D eigenvalue weighted by Crippen LogP contribution is 2.11. The van der Waals surface area contributed by atoms with Crippen molar-refractivity contribution in [1.82, 2.24) is 14.8 Å². The number of ketones is 1. The van der Waals surface area contributed by atoms with E-state index in [1.165, 1.54) is 17.3 Å². The van der Waals surface area contributed by atoms with Gasteiger partial charge in [-0.2, -0.15) is 5.10 Å². The number of hydrogen-bond donors (Lipinski definition) is 0. The first-order valence-corrected chi connectivity index (χ1v) is 4.75. The van der Waals surface area contributed by atoms with Gasteiger partial charge in [-0.1, -0.05) is 23.7 Å². The number of Topliss-reactive ketones (excluding diaryl/α,β-unsaturated/α-hetero) is 1. The molecule has 0 unspecified atom stereocenters. The van der Waals surface area contributed by atoms with Crippen molar-refractivity contribution >= 4 is 17.4 Å². The lowest BCUT2D eigenvalue weighted by Gasteiger charge is -2.00. The summed E-state index contributed by atoms with van der Waals surface area (Å²) in [4.78, 5) is 15.5. The second kappa shape index (κ2) is 4.23. The highest BCUT2D eigenvalue weighted by molar-refractivity contribution is 6.30. The Morgan fingerprint density at radius 3 is 3.00 bits per heavy atom. The molecule has 0 saturated carbocycles. The maximum Gasteiger partial charge on any atom is 0.184 e. The van der Waals surface area contributed by atoms with E-state index in [0.717, 1.165) is 0 Å². The molecule has 0 radical (unpaired) electrons. The van der Waals surface area contributed by atoms with Crippen LogP contribution < -0.4 is 0 Å². The smallest absolute Gasteiger partial charge is 0.184 e. The van der Waals surface area contributed by atoms with Crippen LogP contribution >= 0.6 is 11.6 Å². The van der Waals surface area contributed by atoms with E-state index in [1.54, 1.807) is 24.3 Å². The van der Waals surface area contributed by atoms with E-state index in [1.807, 2.05) is 0 Å². The average Bonchev–Trinajstić information content (AvgIpc) is 2.70. The molecule has 2 rings (SSSR count). The van der Waals surface area contributed by atoms with Crippen LogP contribution in [0.5, 0.6) is 0 Å². The van der Waals surface area contributed by atoms with E-state index < -0.39 is 0 Å². The largest absolute Gasteiger partial charge is 0.292 e. The first-order chi connectivity index (χ1) is 7.25. The van der Waals surface area contributed by atoms with Gasteiger partial charge >= 0.3 is 0 Å². The van der Waals surface area contributed by atoms with Crippen molar-refractivity contribution in [1.29, 1.82) is 0 Å².